The number of amides is 3. The fourth-order valence-corrected chi connectivity index (χ4v) is 3.12. The van der Waals surface area contributed by atoms with E-state index in [-0.39, 0.29) is 18.0 Å². The predicted octanol–water partition coefficient (Wildman–Crippen LogP) is 1.66. The zero-order valence-electron chi connectivity index (χ0n) is 13.7. The molecule has 7 heteroatoms. The lowest BCUT2D eigenvalue weighted by Gasteiger charge is -2.17. The summed E-state index contributed by atoms with van der Waals surface area (Å²) in [7, 11) is 1.63. The Morgan fingerprint density at radius 3 is 3.00 bits per heavy atom. The maximum absolute atomic E-state index is 11.6. The molecule has 4 rings (SSSR count). The lowest BCUT2D eigenvalue weighted by molar-refractivity contribution is -0.120. The van der Waals surface area contributed by atoms with Gasteiger partial charge < -0.3 is 10.6 Å². The number of carbonyl (C=O) groups is 2. The van der Waals surface area contributed by atoms with E-state index < -0.39 is 0 Å². The minimum atomic E-state index is -0.322. The van der Waals surface area contributed by atoms with Gasteiger partial charge in [0.1, 0.15) is 5.82 Å². The molecular weight excluding hydrogens is 318 g/mol. The Morgan fingerprint density at radius 1 is 1.32 bits per heavy atom. The second kappa shape index (κ2) is 6.01. The van der Waals surface area contributed by atoms with Crippen LogP contribution in [0.25, 0.3) is 16.7 Å². The average Bonchev–Trinajstić information content (AvgIpc) is 3.17. The highest BCUT2D eigenvalue weighted by molar-refractivity contribution is 6.14. The number of fused-ring (bicyclic) bond motifs is 2. The number of nitrogens with one attached hydrogen (secondary N) is 2. The van der Waals surface area contributed by atoms with Crippen molar-refractivity contribution >= 4 is 34.4 Å². The number of carbonyl (C=O) groups excluding carboxylic acids is 2. The van der Waals surface area contributed by atoms with Gasteiger partial charge in [-0.3, -0.25) is 9.36 Å². The number of aliphatic imine (C=N–C) groups is 1. The number of rotatable bonds is 4. The van der Waals surface area contributed by atoms with Crippen LogP contribution in [0.4, 0.5) is 4.79 Å². The van der Waals surface area contributed by atoms with Crippen molar-refractivity contribution in [2.45, 2.75) is 18.9 Å². The van der Waals surface area contributed by atoms with Gasteiger partial charge in [-0.25, -0.2) is 9.78 Å². The largest absolute Gasteiger partial charge is 0.359 e. The zero-order valence-corrected chi connectivity index (χ0v) is 13.7. The third-order valence-corrected chi connectivity index (χ3v) is 4.33. The number of imidazole rings is 1. The van der Waals surface area contributed by atoms with Gasteiger partial charge in [0.05, 0.1) is 22.8 Å². The van der Waals surface area contributed by atoms with Crippen LogP contribution in [-0.4, -0.2) is 40.3 Å². The van der Waals surface area contributed by atoms with Crippen LogP contribution in [0, 0.1) is 0 Å². The van der Waals surface area contributed by atoms with E-state index in [9.17, 15) is 9.59 Å². The summed E-state index contributed by atoms with van der Waals surface area (Å²) in [5.74, 6) is 0.787. The molecule has 2 N–H and O–H groups in total. The van der Waals surface area contributed by atoms with Crippen LogP contribution in [-0.2, 0) is 11.2 Å². The molecule has 1 atom stereocenters. The number of para-hydroxylation sites is 2. The van der Waals surface area contributed by atoms with Crippen molar-refractivity contribution in [3.8, 4) is 0 Å². The molecule has 1 unspecified atom stereocenters. The fraction of sp³-hybridized carbons (Fsp3) is 0.222. The molecule has 2 heterocycles. The molecule has 0 fully saturated rings. The van der Waals surface area contributed by atoms with Gasteiger partial charge in [-0.15, -0.1) is 0 Å². The van der Waals surface area contributed by atoms with Crippen molar-refractivity contribution in [2.75, 3.05) is 7.05 Å². The highest BCUT2D eigenvalue weighted by Crippen LogP contribution is 2.25. The Bertz CT molecular complexity index is 967. The molecule has 126 valence electrons. The van der Waals surface area contributed by atoms with Gasteiger partial charge in [0.25, 0.3) is 0 Å². The molecule has 25 heavy (non-hydrogen) atoms. The van der Waals surface area contributed by atoms with Crippen LogP contribution in [0.2, 0.25) is 0 Å². The molecule has 0 saturated heterocycles. The van der Waals surface area contributed by atoms with Crippen molar-refractivity contribution in [1.82, 2.24) is 20.2 Å². The summed E-state index contributed by atoms with van der Waals surface area (Å²) >= 11 is 0. The maximum Gasteiger partial charge on any atom is 0.342 e. The third kappa shape index (κ3) is 2.73. The van der Waals surface area contributed by atoms with E-state index in [4.69, 9.17) is 0 Å². The van der Waals surface area contributed by atoms with E-state index >= 15 is 0 Å². The number of urea groups is 1. The Hall–Kier alpha value is -3.22. The SMILES string of the molecule is CNC(=O)CCc1nc2ccccc2n1C1=CC2NC(=O)N=C2C=C1. The minimum absolute atomic E-state index is 0.0238. The Balaban J connectivity index is 1.76. The average molecular weight is 335 g/mol. The number of nitrogens with zero attached hydrogens (tertiary/aromatic N) is 3. The van der Waals surface area contributed by atoms with Gasteiger partial charge in [0.15, 0.2) is 0 Å². The Morgan fingerprint density at radius 2 is 2.16 bits per heavy atom. The van der Waals surface area contributed by atoms with Crippen LogP contribution in [0.5, 0.6) is 0 Å². The van der Waals surface area contributed by atoms with Crippen LogP contribution in [0.15, 0.2) is 47.5 Å². The smallest absolute Gasteiger partial charge is 0.342 e. The molecule has 1 aliphatic carbocycles. The zero-order chi connectivity index (χ0) is 17.4. The van der Waals surface area contributed by atoms with Crippen LogP contribution < -0.4 is 10.6 Å². The second-order valence-electron chi connectivity index (χ2n) is 5.91. The van der Waals surface area contributed by atoms with Crippen LogP contribution in [0.3, 0.4) is 0 Å². The molecule has 0 saturated carbocycles. The number of hydrogen-bond donors (Lipinski definition) is 2. The lowest BCUT2D eigenvalue weighted by Crippen LogP contribution is -2.31. The Labute approximate surface area is 144 Å². The van der Waals surface area contributed by atoms with E-state index in [2.05, 4.69) is 20.6 Å². The minimum Gasteiger partial charge on any atom is -0.359 e. The molecule has 1 aliphatic heterocycles. The first kappa shape index (κ1) is 15.3. The van der Waals surface area contributed by atoms with E-state index in [1.54, 1.807) is 7.05 Å². The van der Waals surface area contributed by atoms with Gasteiger partial charge in [-0.05, 0) is 30.4 Å². The first-order valence-electron chi connectivity index (χ1n) is 8.12. The predicted molar refractivity (Wildman–Crippen MR) is 95.3 cm³/mol. The van der Waals surface area contributed by atoms with Gasteiger partial charge >= 0.3 is 6.03 Å². The van der Waals surface area contributed by atoms with Crippen LogP contribution >= 0.6 is 0 Å². The van der Waals surface area contributed by atoms with E-state index in [1.165, 1.54) is 0 Å². The summed E-state index contributed by atoms with van der Waals surface area (Å²) < 4.78 is 2.04. The summed E-state index contributed by atoms with van der Waals surface area (Å²) in [4.78, 5) is 31.7. The first-order valence-corrected chi connectivity index (χ1v) is 8.12. The second-order valence-corrected chi connectivity index (χ2v) is 5.91. The van der Waals surface area contributed by atoms with Crippen molar-refractivity contribution in [3.63, 3.8) is 0 Å². The van der Waals surface area contributed by atoms with Gasteiger partial charge in [0, 0.05) is 25.6 Å². The molecule has 2 aromatic rings. The highest BCUT2D eigenvalue weighted by atomic mass is 16.2. The normalized spacial score (nSPS) is 18.6. The fourth-order valence-electron chi connectivity index (χ4n) is 3.12. The molecule has 3 amide bonds. The standard InChI is InChI=1S/C18H17N5O2/c1-19-17(24)9-8-16-20-13-4-2-3-5-15(13)23(16)11-6-7-12-14(10-11)22-18(25)21-12/h2-7,10,14H,8-9H2,1H3,(H,19,24)(H,22,25). The summed E-state index contributed by atoms with van der Waals surface area (Å²) in [6.07, 6.45) is 6.62. The number of aromatic nitrogens is 2. The summed E-state index contributed by atoms with van der Waals surface area (Å²) in [5.41, 5.74) is 3.46. The number of benzene rings is 1. The third-order valence-electron chi connectivity index (χ3n) is 4.33. The van der Waals surface area contributed by atoms with Crippen molar-refractivity contribution in [2.24, 2.45) is 4.99 Å². The maximum atomic E-state index is 11.6. The molecule has 0 radical (unpaired) electrons. The number of allylic oxidation sites excluding steroid dienone is 2. The molecule has 0 bridgehead atoms. The Kier molecular flexibility index (Phi) is 3.68. The van der Waals surface area contributed by atoms with Gasteiger partial charge in [0.2, 0.25) is 5.91 Å². The summed E-state index contributed by atoms with van der Waals surface area (Å²) in [5, 5.41) is 5.44. The van der Waals surface area contributed by atoms with E-state index in [0.717, 1.165) is 22.6 Å². The highest BCUT2D eigenvalue weighted by Gasteiger charge is 2.26. The summed E-state index contributed by atoms with van der Waals surface area (Å²) in [6, 6.07) is 7.30. The topological polar surface area (TPSA) is 88.4 Å². The molecule has 2 aliphatic rings. The van der Waals surface area contributed by atoms with E-state index in [1.807, 2.05) is 47.1 Å². The number of hydrogen-bond acceptors (Lipinski definition) is 3. The van der Waals surface area contributed by atoms with Crippen molar-refractivity contribution in [1.29, 1.82) is 0 Å². The quantitative estimate of drug-likeness (QED) is 0.890. The van der Waals surface area contributed by atoms with Gasteiger partial charge in [-0.1, -0.05) is 12.1 Å². The lowest BCUT2D eigenvalue weighted by atomic mass is 10.1. The molecule has 1 aromatic heterocycles. The van der Waals surface area contributed by atoms with E-state index in [0.29, 0.717) is 18.6 Å². The molecule has 1 aromatic carbocycles. The monoisotopic (exact) mass is 335 g/mol. The molecule has 0 spiro atoms. The van der Waals surface area contributed by atoms with Gasteiger partial charge in [-0.2, -0.15) is 4.99 Å². The van der Waals surface area contributed by atoms with Crippen LogP contribution in [0.1, 0.15) is 12.2 Å². The van der Waals surface area contributed by atoms with Crippen molar-refractivity contribution < 1.29 is 9.59 Å². The summed E-state index contributed by atoms with van der Waals surface area (Å²) in [6.45, 7) is 0. The molecular formula is C18H17N5O2. The van der Waals surface area contributed by atoms with Crippen molar-refractivity contribution in [3.05, 3.63) is 48.3 Å². The number of aryl methyl sites for hydroxylation is 1. The molecule has 7 nitrogen and oxygen atoms in total. The first-order chi connectivity index (χ1) is 12.2.